The van der Waals surface area contributed by atoms with Crippen molar-refractivity contribution >= 4 is 11.8 Å². The van der Waals surface area contributed by atoms with Crippen LogP contribution in [-0.2, 0) is 11.2 Å². The molecule has 0 radical (unpaired) electrons. The van der Waals surface area contributed by atoms with Crippen LogP contribution in [-0.4, -0.2) is 53.7 Å². The van der Waals surface area contributed by atoms with Crippen molar-refractivity contribution in [3.05, 3.63) is 29.8 Å². The zero-order valence-electron chi connectivity index (χ0n) is 15.4. The van der Waals surface area contributed by atoms with Crippen molar-refractivity contribution in [3.63, 3.8) is 0 Å². The van der Waals surface area contributed by atoms with Crippen LogP contribution in [0.5, 0.6) is 0 Å². The molecule has 1 aromatic carbocycles. The highest BCUT2D eigenvalue weighted by Crippen LogP contribution is 2.16. The summed E-state index contributed by atoms with van der Waals surface area (Å²) < 4.78 is 5.49. The number of hydrogen-bond acceptors (Lipinski definition) is 4. The summed E-state index contributed by atoms with van der Waals surface area (Å²) in [6, 6.07) is 8.29. The second-order valence-electron chi connectivity index (χ2n) is 7.67. The normalized spacial score (nSPS) is 19.3. The lowest BCUT2D eigenvalue weighted by Gasteiger charge is -2.40. The van der Waals surface area contributed by atoms with E-state index >= 15 is 0 Å². The lowest BCUT2D eigenvalue weighted by molar-refractivity contribution is 0.00142. The third-order valence-corrected chi connectivity index (χ3v) is 4.26. The Morgan fingerprint density at radius 3 is 2.50 bits per heavy atom. The summed E-state index contributed by atoms with van der Waals surface area (Å²) in [5.41, 5.74) is 7.41. The molecule has 0 aromatic heterocycles. The van der Waals surface area contributed by atoms with Crippen molar-refractivity contribution in [2.45, 2.75) is 52.2 Å². The number of ether oxygens (including phenoxy) is 1. The number of amides is 1. The molecule has 5 heteroatoms. The Bertz CT molecular complexity index is 537. The van der Waals surface area contributed by atoms with E-state index in [2.05, 4.69) is 24.0 Å². The predicted molar refractivity (Wildman–Crippen MR) is 98.0 cm³/mol. The van der Waals surface area contributed by atoms with Gasteiger partial charge < -0.3 is 15.4 Å². The van der Waals surface area contributed by atoms with Gasteiger partial charge in [-0.05, 0) is 64.8 Å². The lowest BCUT2D eigenvalue weighted by Crippen LogP contribution is -2.55. The summed E-state index contributed by atoms with van der Waals surface area (Å²) in [6.07, 6.45) is 1.97. The average molecular weight is 333 g/mol. The van der Waals surface area contributed by atoms with E-state index in [4.69, 9.17) is 10.5 Å². The Balaban J connectivity index is 1.74. The monoisotopic (exact) mass is 333 g/mol. The van der Waals surface area contributed by atoms with Crippen molar-refractivity contribution in [2.75, 3.05) is 31.9 Å². The lowest BCUT2D eigenvalue weighted by atomic mass is 10.1. The molecule has 1 aliphatic heterocycles. The summed E-state index contributed by atoms with van der Waals surface area (Å²) in [5.74, 6) is 0. The Morgan fingerprint density at radius 2 is 1.92 bits per heavy atom. The van der Waals surface area contributed by atoms with E-state index < -0.39 is 5.60 Å². The zero-order valence-corrected chi connectivity index (χ0v) is 15.4. The largest absolute Gasteiger partial charge is 0.444 e. The fourth-order valence-corrected chi connectivity index (χ4v) is 3.02. The van der Waals surface area contributed by atoms with Gasteiger partial charge in [0.25, 0.3) is 0 Å². The van der Waals surface area contributed by atoms with Crippen molar-refractivity contribution in [1.82, 2.24) is 9.80 Å². The van der Waals surface area contributed by atoms with Gasteiger partial charge in [0.1, 0.15) is 5.60 Å². The maximum atomic E-state index is 12.2. The molecule has 0 aliphatic carbocycles. The van der Waals surface area contributed by atoms with Crippen LogP contribution in [0, 0.1) is 0 Å². The van der Waals surface area contributed by atoms with E-state index in [1.54, 1.807) is 0 Å². The van der Waals surface area contributed by atoms with Crippen LogP contribution >= 0.6 is 0 Å². The Morgan fingerprint density at radius 1 is 1.25 bits per heavy atom. The van der Waals surface area contributed by atoms with Crippen LogP contribution in [0.4, 0.5) is 10.5 Å². The van der Waals surface area contributed by atoms with Gasteiger partial charge in [0, 0.05) is 31.4 Å². The molecule has 0 bridgehead atoms. The number of hydrogen-bond donors (Lipinski definition) is 1. The number of carbonyl (C=O) groups is 1. The highest BCUT2D eigenvalue weighted by molar-refractivity contribution is 5.68. The molecule has 2 rings (SSSR count). The van der Waals surface area contributed by atoms with Gasteiger partial charge in [-0.1, -0.05) is 12.1 Å². The van der Waals surface area contributed by atoms with Crippen molar-refractivity contribution in [2.24, 2.45) is 0 Å². The van der Waals surface area contributed by atoms with E-state index in [-0.39, 0.29) is 12.1 Å². The third kappa shape index (κ3) is 5.71. The van der Waals surface area contributed by atoms with Crippen LogP contribution < -0.4 is 5.73 Å². The molecule has 2 N–H and O–H groups in total. The number of benzene rings is 1. The van der Waals surface area contributed by atoms with E-state index in [1.807, 2.05) is 37.8 Å². The molecule has 0 spiro atoms. The number of anilines is 1. The number of nitrogen functional groups attached to an aromatic ring is 1. The van der Waals surface area contributed by atoms with E-state index in [1.165, 1.54) is 5.56 Å². The second kappa shape index (κ2) is 7.88. The highest BCUT2D eigenvalue weighted by Gasteiger charge is 2.30. The number of rotatable bonds is 4. The van der Waals surface area contributed by atoms with Gasteiger partial charge >= 0.3 is 6.09 Å². The van der Waals surface area contributed by atoms with Gasteiger partial charge in [-0.15, -0.1) is 0 Å². The maximum Gasteiger partial charge on any atom is 0.410 e. The first-order valence-corrected chi connectivity index (χ1v) is 8.81. The molecule has 0 saturated carbocycles. The molecule has 5 nitrogen and oxygen atoms in total. The van der Waals surface area contributed by atoms with E-state index in [9.17, 15) is 4.79 Å². The molecule has 1 atom stereocenters. The number of nitrogens with zero attached hydrogens (tertiary/aromatic N) is 2. The van der Waals surface area contributed by atoms with Crippen LogP contribution in [0.1, 0.15) is 39.7 Å². The van der Waals surface area contributed by atoms with Gasteiger partial charge in [0.2, 0.25) is 0 Å². The van der Waals surface area contributed by atoms with Crippen LogP contribution in [0.25, 0.3) is 0 Å². The molecule has 1 fully saturated rings. The molecule has 1 saturated heterocycles. The molecule has 1 aliphatic rings. The van der Waals surface area contributed by atoms with Crippen LogP contribution in [0.15, 0.2) is 24.3 Å². The molecule has 1 amide bonds. The Hall–Kier alpha value is -1.75. The average Bonchev–Trinajstić information content (AvgIpc) is 2.47. The Kier molecular flexibility index (Phi) is 6.10. The molecular weight excluding hydrogens is 302 g/mol. The minimum atomic E-state index is -0.437. The quantitative estimate of drug-likeness (QED) is 0.860. The van der Waals surface area contributed by atoms with Gasteiger partial charge in [-0.3, -0.25) is 4.90 Å². The highest BCUT2D eigenvalue weighted by atomic mass is 16.6. The van der Waals surface area contributed by atoms with E-state index in [0.29, 0.717) is 0 Å². The topological polar surface area (TPSA) is 58.8 Å². The minimum absolute atomic E-state index is 0.185. The maximum absolute atomic E-state index is 12.2. The van der Waals surface area contributed by atoms with Crippen molar-refractivity contribution in [1.29, 1.82) is 0 Å². The molecule has 1 heterocycles. The van der Waals surface area contributed by atoms with Gasteiger partial charge in [-0.25, -0.2) is 4.79 Å². The number of aryl methyl sites for hydroxylation is 1. The SMILES string of the molecule is CC1CN(CCCc2ccc(N)cc2)CCN1C(=O)OC(C)(C)C. The number of carbonyl (C=O) groups excluding carboxylic acids is 1. The summed E-state index contributed by atoms with van der Waals surface area (Å²) in [5, 5.41) is 0. The summed E-state index contributed by atoms with van der Waals surface area (Å²) >= 11 is 0. The second-order valence-corrected chi connectivity index (χ2v) is 7.67. The standard InChI is InChI=1S/C19H31N3O2/c1-15-14-21(11-5-6-16-7-9-17(20)10-8-16)12-13-22(15)18(23)24-19(2,3)4/h7-10,15H,5-6,11-14,20H2,1-4H3. The van der Waals surface area contributed by atoms with E-state index in [0.717, 1.165) is 44.7 Å². The first-order chi connectivity index (χ1) is 11.2. The van der Waals surface area contributed by atoms with Crippen molar-refractivity contribution < 1.29 is 9.53 Å². The number of nitrogens with two attached hydrogens (primary N) is 1. The fourth-order valence-electron chi connectivity index (χ4n) is 3.02. The zero-order chi connectivity index (χ0) is 17.7. The van der Waals surface area contributed by atoms with Crippen LogP contribution in [0.2, 0.25) is 0 Å². The minimum Gasteiger partial charge on any atom is -0.444 e. The first-order valence-electron chi connectivity index (χ1n) is 8.81. The fraction of sp³-hybridized carbons (Fsp3) is 0.632. The smallest absolute Gasteiger partial charge is 0.410 e. The molecular formula is C19H31N3O2. The van der Waals surface area contributed by atoms with Gasteiger partial charge in [0.15, 0.2) is 0 Å². The third-order valence-electron chi connectivity index (χ3n) is 4.26. The summed E-state index contributed by atoms with van der Waals surface area (Å²) in [6.45, 7) is 11.4. The van der Waals surface area contributed by atoms with Crippen molar-refractivity contribution in [3.8, 4) is 0 Å². The van der Waals surface area contributed by atoms with Gasteiger partial charge in [-0.2, -0.15) is 0 Å². The summed E-state index contributed by atoms with van der Waals surface area (Å²) in [4.78, 5) is 16.5. The predicted octanol–water partition coefficient (Wildman–Crippen LogP) is 3.14. The first kappa shape index (κ1) is 18.6. The Labute approximate surface area is 145 Å². The molecule has 134 valence electrons. The molecule has 1 unspecified atom stereocenters. The van der Waals surface area contributed by atoms with Gasteiger partial charge in [0.05, 0.1) is 0 Å². The summed E-state index contributed by atoms with van der Waals surface area (Å²) in [7, 11) is 0. The number of piperazine rings is 1. The molecule has 1 aromatic rings. The molecule has 24 heavy (non-hydrogen) atoms. The van der Waals surface area contributed by atoms with Crippen LogP contribution in [0.3, 0.4) is 0 Å².